The number of hydrogen-bond acceptors (Lipinski definition) is 3. The molecule has 4 nitrogen and oxygen atoms in total. The molecular formula is C9H12N2O2. The third-order valence-electron chi connectivity index (χ3n) is 1.25. The van der Waals surface area contributed by atoms with Crippen molar-refractivity contribution in [2.24, 2.45) is 5.10 Å². The largest absolute Gasteiger partial charge is 0.445 e. The van der Waals surface area contributed by atoms with Crippen LogP contribution in [0.3, 0.4) is 0 Å². The summed E-state index contributed by atoms with van der Waals surface area (Å²) in [5, 5.41) is 4.99. The van der Waals surface area contributed by atoms with Gasteiger partial charge in [0.15, 0.2) is 0 Å². The van der Waals surface area contributed by atoms with Gasteiger partial charge in [0.25, 0.3) is 0 Å². The van der Waals surface area contributed by atoms with E-state index in [1.54, 1.807) is 38.3 Å². The first-order valence-electron chi connectivity index (χ1n) is 4.07. The smallest absolute Gasteiger partial charge is 0.434 e. The fraction of sp³-hybridized carbons (Fsp3) is 0.333. The summed E-state index contributed by atoms with van der Waals surface area (Å²) in [4.78, 5) is 11.3. The van der Waals surface area contributed by atoms with Crippen LogP contribution in [0.15, 0.2) is 29.5 Å². The van der Waals surface area contributed by atoms with Crippen LogP contribution < -0.4 is 0 Å². The van der Waals surface area contributed by atoms with Crippen LogP contribution in [0.25, 0.3) is 0 Å². The van der Waals surface area contributed by atoms with Gasteiger partial charge in [0.05, 0.1) is 6.10 Å². The van der Waals surface area contributed by atoms with Crippen LogP contribution in [0.4, 0.5) is 4.79 Å². The van der Waals surface area contributed by atoms with E-state index in [0.717, 1.165) is 5.01 Å². The summed E-state index contributed by atoms with van der Waals surface area (Å²) in [6.45, 7) is 3.59. The van der Waals surface area contributed by atoms with Crippen molar-refractivity contribution >= 4 is 12.3 Å². The third kappa shape index (κ3) is 3.11. The predicted octanol–water partition coefficient (Wildman–Crippen LogP) is 1.90. The lowest BCUT2D eigenvalue weighted by Gasteiger charge is -2.13. The van der Waals surface area contributed by atoms with Gasteiger partial charge in [-0.1, -0.05) is 6.08 Å². The highest BCUT2D eigenvalue weighted by Gasteiger charge is 2.12. The van der Waals surface area contributed by atoms with Gasteiger partial charge in [0.2, 0.25) is 0 Å². The fourth-order valence-electron chi connectivity index (χ4n) is 0.757. The highest BCUT2D eigenvalue weighted by Crippen LogP contribution is 2.01. The molecule has 1 amide bonds. The SMILES string of the molecule is CC(C)OC(=O)N1C=CC=CC=N1. The van der Waals surface area contributed by atoms with Gasteiger partial charge in [-0.15, -0.1) is 0 Å². The van der Waals surface area contributed by atoms with Crippen molar-refractivity contribution in [3.63, 3.8) is 0 Å². The molecule has 0 bridgehead atoms. The maximum atomic E-state index is 11.3. The molecule has 0 aromatic rings. The lowest BCUT2D eigenvalue weighted by atomic mass is 10.5. The van der Waals surface area contributed by atoms with Crippen LogP contribution in [-0.4, -0.2) is 23.4 Å². The molecular weight excluding hydrogens is 168 g/mol. The van der Waals surface area contributed by atoms with Gasteiger partial charge in [0.1, 0.15) is 0 Å². The minimum absolute atomic E-state index is 0.132. The molecule has 1 aliphatic rings. The lowest BCUT2D eigenvalue weighted by Crippen LogP contribution is -2.24. The van der Waals surface area contributed by atoms with Crippen molar-refractivity contribution in [2.45, 2.75) is 20.0 Å². The summed E-state index contributed by atoms with van der Waals surface area (Å²) >= 11 is 0. The van der Waals surface area contributed by atoms with Gasteiger partial charge < -0.3 is 4.74 Å². The lowest BCUT2D eigenvalue weighted by molar-refractivity contribution is 0.0902. The molecule has 70 valence electrons. The standard InChI is InChI=1S/C9H12N2O2/c1-8(2)13-9(12)11-7-5-3-4-6-10-11/h3-8H,1-2H3. The highest BCUT2D eigenvalue weighted by molar-refractivity contribution is 5.76. The molecule has 0 spiro atoms. The summed E-state index contributed by atoms with van der Waals surface area (Å²) in [6, 6.07) is 0. The Balaban J connectivity index is 2.56. The number of hydrazone groups is 1. The average molecular weight is 180 g/mol. The molecule has 4 heteroatoms. The summed E-state index contributed by atoms with van der Waals surface area (Å²) in [6.07, 6.45) is 7.71. The van der Waals surface area contributed by atoms with E-state index in [9.17, 15) is 4.79 Å². The first kappa shape index (κ1) is 9.51. The molecule has 0 saturated carbocycles. The average Bonchev–Trinajstić information content (AvgIpc) is 2.29. The highest BCUT2D eigenvalue weighted by atomic mass is 16.6. The number of nitrogens with zero attached hydrogens (tertiary/aromatic N) is 2. The van der Waals surface area contributed by atoms with Gasteiger partial charge in [-0.2, -0.15) is 10.1 Å². The van der Waals surface area contributed by atoms with Crippen LogP contribution in [0.5, 0.6) is 0 Å². The number of rotatable bonds is 1. The summed E-state index contributed by atoms with van der Waals surface area (Å²) in [7, 11) is 0. The van der Waals surface area contributed by atoms with Crippen molar-refractivity contribution in [3.8, 4) is 0 Å². The normalized spacial score (nSPS) is 14.8. The maximum Gasteiger partial charge on any atom is 0.434 e. The zero-order valence-electron chi connectivity index (χ0n) is 7.68. The Kier molecular flexibility index (Phi) is 3.25. The molecule has 1 aliphatic heterocycles. The molecule has 0 atom stereocenters. The monoisotopic (exact) mass is 180 g/mol. The number of allylic oxidation sites excluding steroid dienone is 3. The molecule has 1 heterocycles. The first-order valence-corrected chi connectivity index (χ1v) is 4.07. The van der Waals surface area contributed by atoms with E-state index in [1.807, 2.05) is 0 Å². The number of amides is 1. The number of hydrogen-bond donors (Lipinski definition) is 0. The molecule has 13 heavy (non-hydrogen) atoms. The summed E-state index contributed by atoms with van der Waals surface area (Å²) in [5.74, 6) is 0. The molecule has 0 N–H and O–H groups in total. The molecule has 0 saturated heterocycles. The molecule has 1 rings (SSSR count). The second-order valence-corrected chi connectivity index (χ2v) is 2.77. The molecule has 0 fully saturated rings. The Bertz CT molecular complexity index is 251. The van der Waals surface area contributed by atoms with E-state index in [4.69, 9.17) is 4.74 Å². The fourth-order valence-corrected chi connectivity index (χ4v) is 0.757. The zero-order chi connectivity index (χ0) is 9.68. The Labute approximate surface area is 77.2 Å². The van der Waals surface area contributed by atoms with Crippen molar-refractivity contribution in [2.75, 3.05) is 0 Å². The van der Waals surface area contributed by atoms with Crippen molar-refractivity contribution in [1.29, 1.82) is 0 Å². The summed E-state index contributed by atoms with van der Waals surface area (Å²) < 4.78 is 4.94. The van der Waals surface area contributed by atoms with E-state index >= 15 is 0 Å². The molecule has 0 radical (unpaired) electrons. The van der Waals surface area contributed by atoms with Crippen LogP contribution in [0.1, 0.15) is 13.8 Å². The van der Waals surface area contributed by atoms with E-state index in [-0.39, 0.29) is 6.10 Å². The summed E-state index contributed by atoms with van der Waals surface area (Å²) in [5.41, 5.74) is 0. The van der Waals surface area contributed by atoms with Gasteiger partial charge in [-0.25, -0.2) is 4.79 Å². The van der Waals surface area contributed by atoms with Crippen LogP contribution in [-0.2, 0) is 4.74 Å². The number of carbonyl (C=O) groups excluding carboxylic acids is 1. The van der Waals surface area contributed by atoms with Crippen molar-refractivity contribution < 1.29 is 9.53 Å². The maximum absolute atomic E-state index is 11.3. The van der Waals surface area contributed by atoms with Gasteiger partial charge in [-0.05, 0) is 26.0 Å². The van der Waals surface area contributed by atoms with E-state index in [1.165, 1.54) is 6.21 Å². The topological polar surface area (TPSA) is 41.9 Å². The third-order valence-corrected chi connectivity index (χ3v) is 1.25. The second kappa shape index (κ2) is 4.45. The minimum Gasteiger partial charge on any atom is -0.445 e. The van der Waals surface area contributed by atoms with E-state index in [0.29, 0.717) is 0 Å². The van der Waals surface area contributed by atoms with Crippen LogP contribution >= 0.6 is 0 Å². The van der Waals surface area contributed by atoms with Crippen molar-refractivity contribution in [3.05, 3.63) is 24.4 Å². The van der Waals surface area contributed by atoms with E-state index < -0.39 is 6.09 Å². The molecule has 0 aromatic heterocycles. The van der Waals surface area contributed by atoms with Gasteiger partial charge in [-0.3, -0.25) is 0 Å². The number of carbonyl (C=O) groups is 1. The van der Waals surface area contributed by atoms with Crippen LogP contribution in [0.2, 0.25) is 0 Å². The molecule has 0 unspecified atom stereocenters. The molecule has 0 aromatic carbocycles. The first-order chi connectivity index (χ1) is 6.20. The Morgan fingerprint density at radius 1 is 1.38 bits per heavy atom. The minimum atomic E-state index is -0.466. The predicted molar refractivity (Wildman–Crippen MR) is 50.2 cm³/mol. The zero-order valence-corrected chi connectivity index (χ0v) is 7.68. The van der Waals surface area contributed by atoms with Gasteiger partial charge >= 0.3 is 6.09 Å². The Morgan fingerprint density at radius 3 is 2.85 bits per heavy atom. The number of ether oxygens (including phenoxy) is 1. The Morgan fingerprint density at radius 2 is 2.15 bits per heavy atom. The van der Waals surface area contributed by atoms with Crippen molar-refractivity contribution in [1.82, 2.24) is 5.01 Å². The van der Waals surface area contributed by atoms with Gasteiger partial charge in [0, 0.05) is 12.4 Å². The van der Waals surface area contributed by atoms with Crippen LogP contribution in [0, 0.1) is 0 Å². The second-order valence-electron chi connectivity index (χ2n) is 2.77. The Hall–Kier alpha value is -1.58. The quantitative estimate of drug-likeness (QED) is 0.618. The van der Waals surface area contributed by atoms with E-state index in [2.05, 4.69) is 5.10 Å². The molecule has 0 aliphatic carbocycles.